The topological polar surface area (TPSA) is 97.4 Å². The van der Waals surface area contributed by atoms with Crippen LogP contribution >= 0.6 is 0 Å². The Morgan fingerprint density at radius 1 is 0.540 bits per heavy atom. The summed E-state index contributed by atoms with van der Waals surface area (Å²) in [6.45, 7) is 4.93. The minimum Gasteiger partial charge on any atom is -0.497 e. The van der Waals surface area contributed by atoms with Crippen LogP contribution in [0.15, 0.2) is 78.9 Å². The molecule has 3 rings (SSSR count). The van der Waals surface area contributed by atoms with Crippen molar-refractivity contribution in [3.8, 4) is 11.5 Å². The van der Waals surface area contributed by atoms with E-state index in [0.29, 0.717) is 25.9 Å². The molecule has 3 aromatic rings. The van der Waals surface area contributed by atoms with Crippen molar-refractivity contribution in [2.45, 2.75) is 116 Å². The molecule has 0 aliphatic carbocycles. The molecule has 0 aliphatic heterocycles. The fraction of sp³-hybridized carbons (Fsp3) is 0.500. The van der Waals surface area contributed by atoms with E-state index in [2.05, 4.69) is 36.4 Å². The number of Topliss-reactive ketones (excluding diaryl/α,β-unsaturated/α-hetero) is 1. The summed E-state index contributed by atoms with van der Waals surface area (Å²) in [6, 6.07) is 26.3. The third-order valence-corrected chi connectivity index (χ3v) is 8.94. The largest absolute Gasteiger partial charge is 0.497 e. The lowest BCUT2D eigenvalue weighted by molar-refractivity contribution is -0.166. The molecule has 0 aliphatic rings. The van der Waals surface area contributed by atoms with Crippen LogP contribution in [0.4, 0.5) is 0 Å². The number of esters is 2. The molecule has 0 saturated heterocycles. The van der Waals surface area contributed by atoms with Gasteiger partial charge in [-0.25, -0.2) is 0 Å². The molecule has 0 amide bonds. The molecule has 272 valence electrons. The number of carbonyl (C=O) groups excluding carboxylic acids is 3. The fourth-order valence-electron chi connectivity index (χ4n) is 6.42. The molecule has 8 nitrogen and oxygen atoms in total. The Hall–Kier alpha value is -4.17. The van der Waals surface area contributed by atoms with Gasteiger partial charge in [-0.2, -0.15) is 0 Å². The number of hydrogen-bond donors (Lipinski definition) is 0. The summed E-state index contributed by atoms with van der Waals surface area (Å²) in [5.74, 6) is 1.02. The Bertz CT molecular complexity index is 1370. The van der Waals surface area contributed by atoms with Crippen molar-refractivity contribution in [2.75, 3.05) is 20.8 Å². The molecule has 0 fully saturated rings. The molecule has 50 heavy (non-hydrogen) atoms. The second-order valence-corrected chi connectivity index (χ2v) is 12.9. The highest BCUT2D eigenvalue weighted by Crippen LogP contribution is 2.42. The van der Waals surface area contributed by atoms with Crippen LogP contribution < -0.4 is 9.47 Å². The van der Waals surface area contributed by atoms with Crippen molar-refractivity contribution in [3.05, 3.63) is 95.6 Å². The SMILES string of the molecule is COc1ccc(C(OCCCCCCC(OC(C)=O)C(CCCCCCCC(C)=O)OC(C)=O)(c2ccccc2)c2ccc(OC)cc2)cc1. The molecule has 2 unspecified atom stereocenters. The molecule has 0 saturated carbocycles. The zero-order chi connectivity index (χ0) is 36.2. The summed E-state index contributed by atoms with van der Waals surface area (Å²) in [5.41, 5.74) is 2.15. The van der Waals surface area contributed by atoms with Gasteiger partial charge in [0, 0.05) is 26.9 Å². The van der Waals surface area contributed by atoms with Crippen molar-refractivity contribution in [1.29, 1.82) is 0 Å². The minimum absolute atomic E-state index is 0.221. The Labute approximate surface area is 298 Å². The molecular weight excluding hydrogens is 632 g/mol. The number of hydrogen-bond acceptors (Lipinski definition) is 8. The minimum atomic E-state index is -0.856. The maximum atomic E-state index is 12.0. The first-order valence-corrected chi connectivity index (χ1v) is 18.0. The van der Waals surface area contributed by atoms with Crippen LogP contribution in [0, 0.1) is 0 Å². The Morgan fingerprint density at radius 2 is 0.960 bits per heavy atom. The summed E-state index contributed by atoms with van der Waals surface area (Å²) < 4.78 is 29.2. The van der Waals surface area contributed by atoms with Gasteiger partial charge in [0.1, 0.15) is 35.1 Å². The van der Waals surface area contributed by atoms with Gasteiger partial charge in [-0.15, -0.1) is 0 Å². The van der Waals surface area contributed by atoms with E-state index in [1.807, 2.05) is 42.5 Å². The second-order valence-electron chi connectivity index (χ2n) is 12.9. The smallest absolute Gasteiger partial charge is 0.303 e. The number of rotatable bonds is 24. The number of methoxy groups -OCH3 is 2. The monoisotopic (exact) mass is 688 g/mol. The molecule has 8 heteroatoms. The maximum Gasteiger partial charge on any atom is 0.303 e. The highest BCUT2D eigenvalue weighted by molar-refractivity contribution is 5.75. The van der Waals surface area contributed by atoms with Crippen molar-refractivity contribution >= 4 is 17.7 Å². The van der Waals surface area contributed by atoms with Gasteiger partial charge in [-0.3, -0.25) is 9.59 Å². The Kier molecular flexibility index (Phi) is 17.6. The number of ether oxygens (including phenoxy) is 5. The van der Waals surface area contributed by atoms with Crippen molar-refractivity contribution in [1.82, 2.24) is 0 Å². The van der Waals surface area contributed by atoms with E-state index in [0.717, 1.165) is 86.0 Å². The summed E-state index contributed by atoms with van der Waals surface area (Å²) >= 11 is 0. The Morgan fingerprint density at radius 3 is 1.40 bits per heavy atom. The lowest BCUT2D eigenvalue weighted by atomic mass is 9.80. The highest BCUT2D eigenvalue weighted by Gasteiger charge is 2.37. The van der Waals surface area contributed by atoms with Gasteiger partial charge < -0.3 is 28.5 Å². The summed E-state index contributed by atoms with van der Waals surface area (Å²) in [5, 5.41) is 0. The predicted octanol–water partition coefficient (Wildman–Crippen LogP) is 9.15. The molecule has 2 atom stereocenters. The summed E-state index contributed by atoms with van der Waals surface area (Å²) in [7, 11) is 3.32. The zero-order valence-corrected chi connectivity index (χ0v) is 30.6. The standard InChI is InChI=1S/C42H56O8/c1-32(43)18-12-7-6-8-15-21-40(49-33(2)44)41(50-34(3)45)22-16-9-10-17-31-48-42(35-19-13-11-14-20-35,36-23-27-38(46-4)28-24-36)37-25-29-39(47-5)30-26-37/h11,13-14,19-20,23-30,40-41H,6-10,12,15-18,21-22,31H2,1-5H3. The quantitative estimate of drug-likeness (QED) is 0.0522. The molecule has 3 aromatic carbocycles. The van der Waals surface area contributed by atoms with E-state index in [1.165, 1.54) is 13.8 Å². The van der Waals surface area contributed by atoms with Crippen molar-refractivity contribution < 1.29 is 38.1 Å². The lowest BCUT2D eigenvalue weighted by Crippen LogP contribution is -2.34. The number of unbranched alkanes of at least 4 members (excludes halogenated alkanes) is 7. The summed E-state index contributed by atoms with van der Waals surface area (Å²) in [6.07, 6.45) is 9.14. The highest BCUT2D eigenvalue weighted by atomic mass is 16.6. The molecular formula is C42H56O8. The van der Waals surface area contributed by atoms with Gasteiger partial charge in [0.2, 0.25) is 0 Å². The van der Waals surface area contributed by atoms with Gasteiger partial charge in [0.15, 0.2) is 0 Å². The molecule has 0 N–H and O–H groups in total. The van der Waals surface area contributed by atoms with Crippen LogP contribution in [0.1, 0.15) is 115 Å². The summed E-state index contributed by atoms with van der Waals surface area (Å²) in [4.78, 5) is 35.2. The maximum absolute atomic E-state index is 12.0. The molecule has 0 bridgehead atoms. The van der Waals surface area contributed by atoms with Gasteiger partial charge in [0.05, 0.1) is 14.2 Å². The third kappa shape index (κ3) is 12.9. The molecule has 0 aromatic heterocycles. The van der Waals surface area contributed by atoms with E-state index in [-0.39, 0.29) is 17.7 Å². The van der Waals surface area contributed by atoms with Crippen molar-refractivity contribution in [3.63, 3.8) is 0 Å². The second kappa shape index (κ2) is 21.8. The van der Waals surface area contributed by atoms with Crippen molar-refractivity contribution in [2.24, 2.45) is 0 Å². The fourth-order valence-corrected chi connectivity index (χ4v) is 6.42. The van der Waals surface area contributed by atoms with Gasteiger partial charge in [0.25, 0.3) is 0 Å². The third-order valence-electron chi connectivity index (χ3n) is 8.94. The average molecular weight is 689 g/mol. The first-order valence-electron chi connectivity index (χ1n) is 18.0. The van der Waals surface area contributed by atoms with E-state index in [4.69, 9.17) is 23.7 Å². The molecule has 0 heterocycles. The zero-order valence-electron chi connectivity index (χ0n) is 30.6. The first-order chi connectivity index (χ1) is 24.2. The first kappa shape index (κ1) is 40.3. The van der Waals surface area contributed by atoms with E-state index < -0.39 is 17.8 Å². The average Bonchev–Trinajstić information content (AvgIpc) is 3.11. The van der Waals surface area contributed by atoms with Gasteiger partial charge in [-0.1, -0.05) is 86.7 Å². The van der Waals surface area contributed by atoms with Crippen LogP contribution in [0.25, 0.3) is 0 Å². The normalized spacial score (nSPS) is 12.5. The molecule has 0 spiro atoms. The predicted molar refractivity (Wildman–Crippen MR) is 195 cm³/mol. The van der Waals surface area contributed by atoms with E-state index >= 15 is 0 Å². The lowest BCUT2D eigenvalue weighted by Gasteiger charge is -2.36. The van der Waals surface area contributed by atoms with E-state index in [1.54, 1.807) is 21.1 Å². The van der Waals surface area contributed by atoms with Crippen LogP contribution in [-0.4, -0.2) is 50.8 Å². The number of ketones is 1. The van der Waals surface area contributed by atoms with Gasteiger partial charge in [-0.05, 0) is 86.4 Å². The number of benzene rings is 3. The van der Waals surface area contributed by atoms with Crippen LogP contribution in [0.3, 0.4) is 0 Å². The van der Waals surface area contributed by atoms with E-state index in [9.17, 15) is 14.4 Å². The van der Waals surface area contributed by atoms with Crippen LogP contribution in [0.5, 0.6) is 11.5 Å². The van der Waals surface area contributed by atoms with Crippen LogP contribution in [-0.2, 0) is 34.2 Å². The molecule has 0 radical (unpaired) electrons. The number of carbonyl (C=O) groups is 3. The Balaban J connectivity index is 1.64. The van der Waals surface area contributed by atoms with Crippen LogP contribution in [0.2, 0.25) is 0 Å². The van der Waals surface area contributed by atoms with Gasteiger partial charge >= 0.3 is 11.9 Å².